The molecule has 1 amide bonds. The van der Waals surface area contributed by atoms with Crippen LogP contribution in [0.2, 0.25) is 0 Å². The van der Waals surface area contributed by atoms with Crippen LogP contribution in [0.25, 0.3) is 0 Å². The Kier molecular flexibility index (Phi) is 3.56. The number of aryl methyl sites for hydroxylation is 1. The Bertz CT molecular complexity index is 740. The average molecular weight is 306 g/mol. The Labute approximate surface area is 137 Å². The number of hydrogen-bond donors (Lipinski definition) is 0. The molecule has 0 fully saturated rings. The minimum Gasteiger partial charge on any atom is -0.360 e. The summed E-state index contributed by atoms with van der Waals surface area (Å²) in [6.45, 7) is 3.81. The topological polar surface area (TPSA) is 23.6 Å². The lowest BCUT2D eigenvalue weighted by molar-refractivity contribution is -0.119. The predicted molar refractivity (Wildman–Crippen MR) is 94.1 cm³/mol. The zero-order chi connectivity index (χ0) is 15.8. The Balaban J connectivity index is 1.61. The number of amides is 1. The molecule has 3 heteroatoms. The van der Waals surface area contributed by atoms with E-state index in [1.807, 2.05) is 17.9 Å². The summed E-state index contributed by atoms with van der Waals surface area (Å²) in [7, 11) is 0. The van der Waals surface area contributed by atoms with Crippen LogP contribution in [0.4, 0.5) is 11.4 Å². The van der Waals surface area contributed by atoms with Crippen molar-refractivity contribution in [1.82, 2.24) is 0 Å². The number of rotatable bonds is 2. The van der Waals surface area contributed by atoms with Gasteiger partial charge in [0.1, 0.15) is 6.04 Å². The van der Waals surface area contributed by atoms with Gasteiger partial charge in [0, 0.05) is 24.5 Å². The fourth-order valence-electron chi connectivity index (χ4n) is 3.89. The molecule has 0 radical (unpaired) electrons. The summed E-state index contributed by atoms with van der Waals surface area (Å²) in [5.74, 6) is 0.214. The van der Waals surface area contributed by atoms with Crippen LogP contribution < -0.4 is 9.80 Å². The number of carbonyl (C=O) groups excluding carboxylic acids is 1. The zero-order valence-electron chi connectivity index (χ0n) is 13.5. The van der Waals surface area contributed by atoms with Gasteiger partial charge in [0.2, 0.25) is 5.91 Å². The number of anilines is 2. The number of benzene rings is 2. The van der Waals surface area contributed by atoms with Crippen molar-refractivity contribution in [3.05, 3.63) is 59.7 Å². The molecule has 2 aromatic rings. The molecule has 0 aliphatic carbocycles. The Morgan fingerprint density at radius 3 is 2.35 bits per heavy atom. The highest BCUT2D eigenvalue weighted by Gasteiger charge is 2.32. The molecule has 0 spiro atoms. The molecule has 0 aromatic heterocycles. The van der Waals surface area contributed by atoms with Gasteiger partial charge in [-0.2, -0.15) is 0 Å². The van der Waals surface area contributed by atoms with Crippen molar-refractivity contribution in [2.75, 3.05) is 22.9 Å². The zero-order valence-corrected chi connectivity index (χ0v) is 13.5. The van der Waals surface area contributed by atoms with Crippen molar-refractivity contribution < 1.29 is 4.79 Å². The monoisotopic (exact) mass is 306 g/mol. The molecule has 2 heterocycles. The van der Waals surface area contributed by atoms with E-state index in [0.29, 0.717) is 0 Å². The van der Waals surface area contributed by atoms with Crippen molar-refractivity contribution in [2.45, 2.75) is 32.2 Å². The molecular weight excluding hydrogens is 284 g/mol. The second-order valence-electron chi connectivity index (χ2n) is 6.47. The highest BCUT2D eigenvalue weighted by atomic mass is 16.2. The molecule has 118 valence electrons. The van der Waals surface area contributed by atoms with Crippen molar-refractivity contribution in [3.8, 4) is 0 Å². The maximum atomic E-state index is 13.1. The molecule has 1 unspecified atom stereocenters. The molecule has 0 saturated heterocycles. The van der Waals surface area contributed by atoms with Crippen LogP contribution in [0.15, 0.2) is 48.5 Å². The summed E-state index contributed by atoms with van der Waals surface area (Å²) in [6, 6.07) is 16.6. The molecule has 1 atom stereocenters. The average Bonchev–Trinajstić information content (AvgIpc) is 3.04. The first-order valence-electron chi connectivity index (χ1n) is 8.49. The molecular formula is C20H22N2O. The summed E-state index contributed by atoms with van der Waals surface area (Å²) >= 11 is 0. The van der Waals surface area contributed by atoms with Gasteiger partial charge >= 0.3 is 0 Å². The summed E-state index contributed by atoms with van der Waals surface area (Å²) in [5.41, 5.74) is 4.97. The van der Waals surface area contributed by atoms with Crippen LogP contribution in [0, 0.1) is 0 Å². The quantitative estimate of drug-likeness (QED) is 0.849. The minimum absolute atomic E-state index is 0.123. The highest BCUT2D eigenvalue weighted by molar-refractivity contribution is 6.00. The molecule has 0 saturated carbocycles. The molecule has 0 N–H and O–H groups in total. The van der Waals surface area contributed by atoms with Crippen LogP contribution in [0.5, 0.6) is 0 Å². The summed E-state index contributed by atoms with van der Waals surface area (Å²) in [4.78, 5) is 17.4. The SMILES string of the molecule is CC(C(=O)N1CCc2ccccc21)N1CCCc2ccccc21. The molecule has 2 aliphatic rings. The first-order valence-corrected chi connectivity index (χ1v) is 8.49. The van der Waals surface area contributed by atoms with E-state index in [-0.39, 0.29) is 11.9 Å². The number of fused-ring (bicyclic) bond motifs is 2. The third-order valence-electron chi connectivity index (χ3n) is 5.12. The summed E-state index contributed by atoms with van der Waals surface area (Å²) in [6.07, 6.45) is 3.19. The Morgan fingerprint density at radius 2 is 1.57 bits per heavy atom. The first kappa shape index (κ1) is 14.3. The van der Waals surface area contributed by atoms with E-state index < -0.39 is 0 Å². The van der Waals surface area contributed by atoms with Gasteiger partial charge in [-0.15, -0.1) is 0 Å². The van der Waals surface area contributed by atoms with Gasteiger partial charge in [0.25, 0.3) is 0 Å². The van der Waals surface area contributed by atoms with E-state index in [9.17, 15) is 4.79 Å². The Hall–Kier alpha value is -2.29. The van der Waals surface area contributed by atoms with Crippen molar-refractivity contribution in [3.63, 3.8) is 0 Å². The van der Waals surface area contributed by atoms with E-state index in [0.717, 1.165) is 38.0 Å². The van der Waals surface area contributed by atoms with Gasteiger partial charge in [-0.25, -0.2) is 0 Å². The maximum Gasteiger partial charge on any atom is 0.249 e. The van der Waals surface area contributed by atoms with Crippen LogP contribution in [-0.2, 0) is 17.6 Å². The van der Waals surface area contributed by atoms with Crippen molar-refractivity contribution >= 4 is 17.3 Å². The summed E-state index contributed by atoms with van der Waals surface area (Å²) < 4.78 is 0. The lowest BCUT2D eigenvalue weighted by Gasteiger charge is -2.37. The van der Waals surface area contributed by atoms with Gasteiger partial charge in [0.05, 0.1) is 0 Å². The fraction of sp³-hybridized carbons (Fsp3) is 0.350. The lowest BCUT2D eigenvalue weighted by Crippen LogP contribution is -2.48. The molecule has 23 heavy (non-hydrogen) atoms. The number of para-hydroxylation sites is 2. The van der Waals surface area contributed by atoms with Gasteiger partial charge in [-0.3, -0.25) is 4.79 Å². The van der Waals surface area contributed by atoms with E-state index in [2.05, 4.69) is 47.4 Å². The second kappa shape index (κ2) is 5.73. The number of carbonyl (C=O) groups is 1. The lowest BCUT2D eigenvalue weighted by atomic mass is 10.00. The van der Waals surface area contributed by atoms with Crippen LogP contribution in [0.1, 0.15) is 24.5 Å². The second-order valence-corrected chi connectivity index (χ2v) is 6.47. The predicted octanol–water partition coefficient (Wildman–Crippen LogP) is 3.42. The molecule has 3 nitrogen and oxygen atoms in total. The van der Waals surface area contributed by atoms with E-state index in [1.54, 1.807) is 0 Å². The van der Waals surface area contributed by atoms with Gasteiger partial charge < -0.3 is 9.80 Å². The highest BCUT2D eigenvalue weighted by Crippen LogP contribution is 2.32. The van der Waals surface area contributed by atoms with E-state index in [1.165, 1.54) is 16.8 Å². The third kappa shape index (κ3) is 2.40. The van der Waals surface area contributed by atoms with Crippen molar-refractivity contribution in [2.24, 2.45) is 0 Å². The number of hydrogen-bond acceptors (Lipinski definition) is 2. The maximum absolute atomic E-state index is 13.1. The largest absolute Gasteiger partial charge is 0.360 e. The molecule has 2 aliphatic heterocycles. The molecule has 4 rings (SSSR count). The van der Waals surface area contributed by atoms with Crippen LogP contribution >= 0.6 is 0 Å². The summed E-state index contributed by atoms with van der Waals surface area (Å²) in [5, 5.41) is 0. The fourth-order valence-corrected chi connectivity index (χ4v) is 3.89. The van der Waals surface area contributed by atoms with Crippen molar-refractivity contribution in [1.29, 1.82) is 0 Å². The molecule has 0 bridgehead atoms. The smallest absolute Gasteiger partial charge is 0.249 e. The minimum atomic E-state index is -0.123. The van der Waals surface area contributed by atoms with Gasteiger partial charge in [-0.1, -0.05) is 36.4 Å². The van der Waals surface area contributed by atoms with E-state index in [4.69, 9.17) is 0 Å². The normalized spacial score (nSPS) is 17.6. The Morgan fingerprint density at radius 1 is 0.913 bits per heavy atom. The van der Waals surface area contributed by atoms with Crippen LogP contribution in [-0.4, -0.2) is 25.0 Å². The van der Waals surface area contributed by atoms with Gasteiger partial charge in [-0.05, 0) is 49.4 Å². The van der Waals surface area contributed by atoms with Crippen LogP contribution in [0.3, 0.4) is 0 Å². The van der Waals surface area contributed by atoms with Gasteiger partial charge in [0.15, 0.2) is 0 Å². The number of nitrogens with zero attached hydrogens (tertiary/aromatic N) is 2. The van der Waals surface area contributed by atoms with E-state index >= 15 is 0 Å². The third-order valence-corrected chi connectivity index (χ3v) is 5.12. The molecule has 2 aromatic carbocycles. The standard InChI is InChI=1S/C20H22N2O/c1-15(21-13-6-9-16-7-2-4-10-18(16)21)20(23)22-14-12-17-8-3-5-11-19(17)22/h2-5,7-8,10-11,15H,6,9,12-14H2,1H3. The first-order chi connectivity index (χ1) is 11.3.